The van der Waals surface area contributed by atoms with Crippen LogP contribution in [0.2, 0.25) is 0 Å². The minimum absolute atomic E-state index is 0.00682. The van der Waals surface area contributed by atoms with E-state index in [2.05, 4.69) is 0 Å². The Morgan fingerprint density at radius 1 is 0.903 bits per heavy atom. The van der Waals surface area contributed by atoms with Crippen LogP contribution in [0, 0.1) is 17.5 Å². The lowest BCUT2D eigenvalue weighted by Crippen LogP contribution is -2.49. The molecule has 0 unspecified atom stereocenters. The molecule has 156 valence electrons. The molecule has 1 saturated heterocycles. The second kappa shape index (κ2) is 7.16. The summed E-state index contributed by atoms with van der Waals surface area (Å²) >= 11 is 1.14. The summed E-state index contributed by atoms with van der Waals surface area (Å²) in [6.45, 7) is 0.107. The Kier molecular flexibility index (Phi) is 4.55. The number of fused-ring (bicyclic) bond motifs is 2. The van der Waals surface area contributed by atoms with E-state index in [-0.39, 0.29) is 23.9 Å². The number of anilines is 2. The first-order chi connectivity index (χ1) is 14.9. The van der Waals surface area contributed by atoms with Gasteiger partial charge in [0, 0.05) is 17.3 Å². The molecule has 1 atom stereocenters. The molecule has 0 aromatic heterocycles. The van der Waals surface area contributed by atoms with E-state index in [9.17, 15) is 22.8 Å². The molecule has 0 N–H and O–H groups in total. The van der Waals surface area contributed by atoms with Gasteiger partial charge >= 0.3 is 0 Å². The van der Waals surface area contributed by atoms with Crippen molar-refractivity contribution in [3.05, 3.63) is 95.3 Å². The fraction of sp³-hybridized carbons (Fsp3) is 0.130. The van der Waals surface area contributed by atoms with Crippen molar-refractivity contribution in [3.63, 3.8) is 0 Å². The molecule has 2 aliphatic heterocycles. The van der Waals surface area contributed by atoms with Crippen LogP contribution >= 0.6 is 11.8 Å². The van der Waals surface area contributed by atoms with E-state index in [1.807, 2.05) is 0 Å². The number of halogens is 3. The van der Waals surface area contributed by atoms with Gasteiger partial charge in [-0.05, 0) is 35.9 Å². The van der Waals surface area contributed by atoms with Crippen molar-refractivity contribution < 1.29 is 22.8 Å². The molecule has 3 aromatic rings. The Labute approximate surface area is 180 Å². The maximum atomic E-state index is 14.0. The Morgan fingerprint density at radius 2 is 1.71 bits per heavy atom. The van der Waals surface area contributed by atoms with E-state index in [1.165, 1.54) is 28.0 Å². The largest absolute Gasteiger partial charge is 0.304 e. The van der Waals surface area contributed by atoms with E-state index >= 15 is 0 Å². The van der Waals surface area contributed by atoms with Crippen LogP contribution in [-0.4, -0.2) is 17.6 Å². The Balaban J connectivity index is 1.65. The monoisotopic (exact) mass is 440 g/mol. The molecule has 31 heavy (non-hydrogen) atoms. The number of rotatable bonds is 3. The van der Waals surface area contributed by atoms with Gasteiger partial charge in [0.15, 0.2) is 11.6 Å². The molecular weight excluding hydrogens is 425 g/mol. The number of hydrogen-bond acceptors (Lipinski definition) is 3. The predicted octanol–water partition coefficient (Wildman–Crippen LogP) is 4.58. The number of benzene rings is 3. The highest BCUT2D eigenvalue weighted by Gasteiger charge is 2.61. The van der Waals surface area contributed by atoms with Crippen LogP contribution in [-0.2, 0) is 21.0 Å². The van der Waals surface area contributed by atoms with Crippen LogP contribution in [0.15, 0.2) is 66.7 Å². The molecule has 0 bridgehead atoms. The SMILES string of the molecule is O=C1CS[C@]2(C(=O)N(Cc3cccc(F)c3)c3ccccc32)N1c1ccc(F)c(F)c1. The molecule has 2 aliphatic rings. The Hall–Kier alpha value is -3.26. The van der Waals surface area contributed by atoms with Gasteiger partial charge < -0.3 is 4.90 Å². The highest BCUT2D eigenvalue weighted by atomic mass is 32.2. The molecule has 3 aromatic carbocycles. The first-order valence-corrected chi connectivity index (χ1v) is 10.5. The second-order valence-corrected chi connectivity index (χ2v) is 8.47. The van der Waals surface area contributed by atoms with E-state index in [4.69, 9.17) is 0 Å². The first-order valence-electron chi connectivity index (χ1n) is 9.50. The van der Waals surface area contributed by atoms with Crippen LogP contribution in [0.1, 0.15) is 11.1 Å². The molecule has 4 nitrogen and oxygen atoms in total. The summed E-state index contributed by atoms with van der Waals surface area (Å²) in [4.78, 5) is 28.0. The molecule has 0 saturated carbocycles. The van der Waals surface area contributed by atoms with E-state index in [0.717, 1.165) is 23.9 Å². The van der Waals surface area contributed by atoms with Crippen LogP contribution in [0.5, 0.6) is 0 Å². The summed E-state index contributed by atoms with van der Waals surface area (Å²) in [6, 6.07) is 16.1. The number of para-hydroxylation sites is 1. The van der Waals surface area contributed by atoms with Crippen molar-refractivity contribution in [1.82, 2.24) is 0 Å². The average molecular weight is 440 g/mol. The molecular formula is C23H15F3N2O2S. The molecule has 2 amide bonds. The maximum absolute atomic E-state index is 14.0. The van der Waals surface area contributed by atoms with Gasteiger partial charge in [-0.15, -0.1) is 11.8 Å². The number of carbonyl (C=O) groups excluding carboxylic acids is 2. The van der Waals surface area contributed by atoms with Gasteiger partial charge in [0.25, 0.3) is 5.91 Å². The molecule has 8 heteroatoms. The fourth-order valence-corrected chi connectivity index (χ4v) is 5.51. The predicted molar refractivity (Wildman–Crippen MR) is 112 cm³/mol. The molecule has 0 aliphatic carbocycles. The third kappa shape index (κ3) is 2.93. The zero-order valence-electron chi connectivity index (χ0n) is 16.0. The Bertz CT molecular complexity index is 1230. The van der Waals surface area contributed by atoms with E-state index < -0.39 is 28.2 Å². The molecule has 2 heterocycles. The third-order valence-corrected chi connectivity index (χ3v) is 6.84. The topological polar surface area (TPSA) is 40.6 Å². The minimum atomic E-state index is -1.44. The molecule has 1 fully saturated rings. The second-order valence-electron chi connectivity index (χ2n) is 7.30. The lowest BCUT2D eigenvalue weighted by Gasteiger charge is -2.33. The number of carbonyl (C=O) groups is 2. The zero-order chi connectivity index (χ0) is 21.8. The summed E-state index contributed by atoms with van der Waals surface area (Å²) in [6.07, 6.45) is 0. The standard InChI is InChI=1S/C23H15F3N2O2S/c24-15-5-3-4-14(10-15)12-27-20-7-2-1-6-17(20)23(22(27)30)28(21(29)13-31-23)16-8-9-18(25)19(26)11-16/h1-11H,12-13H2/t23-/m1/s1. The maximum Gasteiger partial charge on any atom is 0.269 e. The normalized spacial score (nSPS) is 20.1. The van der Waals surface area contributed by atoms with Crippen LogP contribution in [0.25, 0.3) is 0 Å². The van der Waals surface area contributed by atoms with Crippen molar-refractivity contribution in [3.8, 4) is 0 Å². The van der Waals surface area contributed by atoms with Gasteiger partial charge in [-0.3, -0.25) is 14.5 Å². The highest BCUT2D eigenvalue weighted by molar-refractivity contribution is 8.02. The van der Waals surface area contributed by atoms with Gasteiger partial charge in [0.05, 0.1) is 18.0 Å². The zero-order valence-corrected chi connectivity index (χ0v) is 16.8. The van der Waals surface area contributed by atoms with Crippen molar-refractivity contribution in [2.75, 3.05) is 15.6 Å². The Morgan fingerprint density at radius 3 is 2.48 bits per heavy atom. The van der Waals surface area contributed by atoms with Crippen molar-refractivity contribution in [2.24, 2.45) is 0 Å². The number of thioether (sulfide) groups is 1. The summed E-state index contributed by atoms with van der Waals surface area (Å²) in [7, 11) is 0. The van der Waals surface area contributed by atoms with Gasteiger partial charge in [-0.25, -0.2) is 13.2 Å². The van der Waals surface area contributed by atoms with Crippen molar-refractivity contribution in [2.45, 2.75) is 11.4 Å². The molecule has 5 rings (SSSR count). The molecule has 0 radical (unpaired) electrons. The molecule has 1 spiro atoms. The highest BCUT2D eigenvalue weighted by Crippen LogP contribution is 2.56. The average Bonchev–Trinajstić information content (AvgIpc) is 3.22. The number of nitrogens with zero attached hydrogens (tertiary/aromatic N) is 2. The summed E-state index contributed by atoms with van der Waals surface area (Å²) in [5.41, 5.74) is 1.86. The van der Waals surface area contributed by atoms with Crippen molar-refractivity contribution in [1.29, 1.82) is 0 Å². The summed E-state index contributed by atoms with van der Waals surface area (Å²) < 4.78 is 41.2. The lowest BCUT2D eigenvalue weighted by molar-refractivity contribution is -0.123. The first kappa shape index (κ1) is 19.7. The van der Waals surface area contributed by atoms with E-state index in [0.29, 0.717) is 16.8 Å². The van der Waals surface area contributed by atoms with Gasteiger partial charge in [0.1, 0.15) is 5.82 Å². The number of amides is 2. The van der Waals surface area contributed by atoms with Gasteiger partial charge in [-0.1, -0.05) is 30.3 Å². The smallest absolute Gasteiger partial charge is 0.269 e. The lowest BCUT2D eigenvalue weighted by atomic mass is 10.0. The third-order valence-electron chi connectivity index (χ3n) is 5.45. The number of hydrogen-bond donors (Lipinski definition) is 0. The van der Waals surface area contributed by atoms with Crippen molar-refractivity contribution >= 4 is 35.0 Å². The van der Waals surface area contributed by atoms with Crippen LogP contribution < -0.4 is 9.80 Å². The quantitative estimate of drug-likeness (QED) is 0.599. The summed E-state index contributed by atoms with van der Waals surface area (Å²) in [5, 5.41) is 0. The van der Waals surface area contributed by atoms with Gasteiger partial charge in [0.2, 0.25) is 10.8 Å². The van der Waals surface area contributed by atoms with Crippen LogP contribution in [0.4, 0.5) is 24.5 Å². The van der Waals surface area contributed by atoms with Crippen LogP contribution in [0.3, 0.4) is 0 Å². The minimum Gasteiger partial charge on any atom is -0.304 e. The summed E-state index contributed by atoms with van der Waals surface area (Å²) in [5.74, 6) is -3.32. The fourth-order valence-electron chi connectivity index (χ4n) is 4.15. The van der Waals surface area contributed by atoms with Gasteiger partial charge in [-0.2, -0.15) is 0 Å². The van der Waals surface area contributed by atoms with E-state index in [1.54, 1.807) is 36.4 Å².